The molecule has 0 fully saturated rings. The lowest BCUT2D eigenvalue weighted by atomic mass is 10.2. The second kappa shape index (κ2) is 5.75. The van der Waals surface area contributed by atoms with Crippen LogP contribution in [0.5, 0.6) is 0 Å². The molecule has 0 aromatic heterocycles. The van der Waals surface area contributed by atoms with Crippen molar-refractivity contribution in [2.75, 3.05) is 5.32 Å². The monoisotopic (exact) mass is 217 g/mol. The maximum atomic E-state index is 11.7. The molecule has 0 saturated heterocycles. The maximum absolute atomic E-state index is 11.7. The van der Waals surface area contributed by atoms with Crippen molar-refractivity contribution >= 4 is 11.6 Å². The van der Waals surface area contributed by atoms with Gasteiger partial charge in [0.2, 0.25) is 0 Å². The normalized spacial score (nSPS) is 12.4. The summed E-state index contributed by atoms with van der Waals surface area (Å²) >= 11 is 0. The Hall–Kier alpha value is -2.03. The molecule has 3 heteroatoms. The van der Waals surface area contributed by atoms with Crippen LogP contribution in [0.3, 0.4) is 0 Å². The van der Waals surface area contributed by atoms with Crippen molar-refractivity contribution in [3.63, 3.8) is 0 Å². The molecule has 2 N–H and O–H groups in total. The predicted molar refractivity (Wildman–Crippen MR) is 65.2 cm³/mol. The number of carbonyl (C=O) groups excluding carboxylic acids is 1. The number of allylic oxidation sites excluding steroid dienone is 2. The number of aliphatic hydroxyl groups excluding tert-OH is 1. The molecule has 0 aliphatic rings. The molecule has 1 rings (SSSR count). The largest absolute Gasteiger partial charge is 0.507 e. The van der Waals surface area contributed by atoms with Crippen LogP contribution in [-0.4, -0.2) is 11.0 Å². The highest BCUT2D eigenvalue weighted by Gasteiger charge is 2.08. The third-order valence-electron chi connectivity index (χ3n) is 2.08. The summed E-state index contributed by atoms with van der Waals surface area (Å²) in [6.45, 7) is 3.35. The van der Waals surface area contributed by atoms with Gasteiger partial charge in [-0.2, -0.15) is 0 Å². The van der Waals surface area contributed by atoms with Gasteiger partial charge in [-0.15, -0.1) is 0 Å². The number of hydrogen-bond acceptors (Lipinski definition) is 2. The molecule has 1 aromatic rings. The molecule has 1 amide bonds. The molecule has 0 bridgehead atoms. The van der Waals surface area contributed by atoms with Crippen LogP contribution in [0.2, 0.25) is 0 Å². The quantitative estimate of drug-likeness (QED) is 0.464. The zero-order chi connectivity index (χ0) is 12.0. The van der Waals surface area contributed by atoms with Crippen LogP contribution >= 0.6 is 0 Å². The van der Waals surface area contributed by atoms with Gasteiger partial charge in [-0.05, 0) is 32.1 Å². The van der Waals surface area contributed by atoms with Crippen LogP contribution < -0.4 is 5.32 Å². The fourth-order valence-corrected chi connectivity index (χ4v) is 1.15. The SMILES string of the molecule is CC=C/C(O)=C(/C)C(=O)Nc1ccccc1. The van der Waals surface area contributed by atoms with E-state index in [9.17, 15) is 9.90 Å². The van der Waals surface area contributed by atoms with E-state index in [0.29, 0.717) is 11.3 Å². The molecular formula is C13H15NO2. The van der Waals surface area contributed by atoms with E-state index in [1.807, 2.05) is 18.2 Å². The Morgan fingerprint density at radius 1 is 1.31 bits per heavy atom. The van der Waals surface area contributed by atoms with Crippen LogP contribution in [-0.2, 0) is 4.79 Å². The number of nitrogens with one attached hydrogen (secondary N) is 1. The first-order valence-electron chi connectivity index (χ1n) is 5.04. The summed E-state index contributed by atoms with van der Waals surface area (Å²) in [7, 11) is 0. The summed E-state index contributed by atoms with van der Waals surface area (Å²) in [6.07, 6.45) is 3.16. The van der Waals surface area contributed by atoms with Crippen LogP contribution in [0.25, 0.3) is 0 Å². The Bertz CT molecular complexity index is 419. The van der Waals surface area contributed by atoms with Gasteiger partial charge < -0.3 is 10.4 Å². The topological polar surface area (TPSA) is 49.3 Å². The highest BCUT2D eigenvalue weighted by molar-refractivity contribution is 6.03. The van der Waals surface area contributed by atoms with Crippen molar-refractivity contribution < 1.29 is 9.90 Å². The summed E-state index contributed by atoms with van der Waals surface area (Å²) in [6, 6.07) is 9.12. The first-order valence-corrected chi connectivity index (χ1v) is 5.04. The number of anilines is 1. The first-order chi connectivity index (χ1) is 7.65. The van der Waals surface area contributed by atoms with Gasteiger partial charge in [0, 0.05) is 5.69 Å². The molecule has 0 radical (unpaired) electrons. The smallest absolute Gasteiger partial charge is 0.255 e. The van der Waals surface area contributed by atoms with E-state index < -0.39 is 0 Å². The van der Waals surface area contributed by atoms with E-state index in [1.165, 1.54) is 6.08 Å². The van der Waals surface area contributed by atoms with Gasteiger partial charge in [-0.1, -0.05) is 24.3 Å². The third kappa shape index (κ3) is 3.28. The average molecular weight is 217 g/mol. The summed E-state index contributed by atoms with van der Waals surface area (Å²) in [4.78, 5) is 11.7. The Morgan fingerprint density at radius 3 is 2.50 bits per heavy atom. The van der Waals surface area contributed by atoms with Gasteiger partial charge in [0.1, 0.15) is 5.76 Å². The highest BCUT2D eigenvalue weighted by atomic mass is 16.3. The Morgan fingerprint density at radius 2 is 1.94 bits per heavy atom. The van der Waals surface area contributed by atoms with Gasteiger partial charge in [-0.25, -0.2) is 0 Å². The van der Waals surface area contributed by atoms with Gasteiger partial charge in [0.15, 0.2) is 0 Å². The number of hydrogen-bond donors (Lipinski definition) is 2. The standard InChI is InChI=1S/C13H15NO2/c1-3-7-12(15)10(2)13(16)14-11-8-5-4-6-9-11/h3-9,15H,1-2H3,(H,14,16)/b7-3?,12-10+. The molecule has 0 unspecified atom stereocenters. The van der Waals surface area contributed by atoms with Crippen molar-refractivity contribution in [2.45, 2.75) is 13.8 Å². The van der Waals surface area contributed by atoms with Crippen LogP contribution in [0, 0.1) is 0 Å². The molecular weight excluding hydrogens is 202 g/mol. The molecule has 0 aliphatic heterocycles. The minimum Gasteiger partial charge on any atom is -0.507 e. The molecule has 0 saturated carbocycles. The first kappa shape index (κ1) is 12.0. The predicted octanol–water partition coefficient (Wildman–Crippen LogP) is 3.03. The summed E-state index contributed by atoms with van der Waals surface area (Å²) in [5.74, 6) is -0.322. The number of amides is 1. The second-order valence-corrected chi connectivity index (χ2v) is 3.33. The van der Waals surface area contributed by atoms with Crippen molar-refractivity contribution in [2.24, 2.45) is 0 Å². The second-order valence-electron chi connectivity index (χ2n) is 3.33. The Labute approximate surface area is 95.1 Å². The fourth-order valence-electron chi connectivity index (χ4n) is 1.15. The molecule has 0 aliphatic carbocycles. The number of rotatable bonds is 3. The Kier molecular flexibility index (Phi) is 4.33. The molecule has 0 heterocycles. The number of para-hydroxylation sites is 1. The summed E-state index contributed by atoms with van der Waals surface area (Å²) in [5.41, 5.74) is 1.00. The molecule has 0 atom stereocenters. The van der Waals surface area contributed by atoms with E-state index in [2.05, 4.69) is 5.32 Å². The zero-order valence-electron chi connectivity index (χ0n) is 9.40. The zero-order valence-corrected chi connectivity index (χ0v) is 9.40. The van der Waals surface area contributed by atoms with E-state index in [4.69, 9.17) is 0 Å². The average Bonchev–Trinajstić information content (AvgIpc) is 2.29. The minimum absolute atomic E-state index is 0.0177. The number of carbonyl (C=O) groups is 1. The summed E-state index contributed by atoms with van der Waals surface area (Å²) < 4.78 is 0. The summed E-state index contributed by atoms with van der Waals surface area (Å²) in [5, 5.41) is 12.2. The van der Waals surface area contributed by atoms with E-state index in [0.717, 1.165) is 0 Å². The van der Waals surface area contributed by atoms with Crippen molar-refractivity contribution in [1.29, 1.82) is 0 Å². The van der Waals surface area contributed by atoms with Gasteiger partial charge in [-0.3, -0.25) is 4.79 Å². The minimum atomic E-state index is -0.304. The molecule has 16 heavy (non-hydrogen) atoms. The molecule has 0 spiro atoms. The number of aliphatic hydroxyl groups is 1. The third-order valence-corrected chi connectivity index (χ3v) is 2.08. The number of benzene rings is 1. The lowest BCUT2D eigenvalue weighted by Crippen LogP contribution is -2.13. The fraction of sp³-hybridized carbons (Fsp3) is 0.154. The maximum Gasteiger partial charge on any atom is 0.255 e. The van der Waals surface area contributed by atoms with Gasteiger partial charge in [0.25, 0.3) is 5.91 Å². The molecule has 3 nitrogen and oxygen atoms in total. The molecule has 1 aromatic carbocycles. The highest BCUT2D eigenvalue weighted by Crippen LogP contribution is 2.09. The Balaban J connectivity index is 2.77. The van der Waals surface area contributed by atoms with Crippen molar-refractivity contribution in [1.82, 2.24) is 0 Å². The molecule has 84 valence electrons. The van der Waals surface area contributed by atoms with Crippen LogP contribution in [0.15, 0.2) is 53.8 Å². The van der Waals surface area contributed by atoms with E-state index >= 15 is 0 Å². The van der Waals surface area contributed by atoms with Gasteiger partial charge in [0.05, 0.1) is 5.57 Å². The van der Waals surface area contributed by atoms with Crippen LogP contribution in [0.4, 0.5) is 5.69 Å². The van der Waals surface area contributed by atoms with Crippen molar-refractivity contribution in [3.05, 3.63) is 53.8 Å². The van der Waals surface area contributed by atoms with Crippen LogP contribution in [0.1, 0.15) is 13.8 Å². The van der Waals surface area contributed by atoms with Crippen molar-refractivity contribution in [3.8, 4) is 0 Å². The lowest BCUT2D eigenvalue weighted by Gasteiger charge is -2.05. The van der Waals surface area contributed by atoms with E-state index in [-0.39, 0.29) is 11.7 Å². The lowest BCUT2D eigenvalue weighted by molar-refractivity contribution is -0.112. The van der Waals surface area contributed by atoms with E-state index in [1.54, 1.807) is 32.1 Å². The van der Waals surface area contributed by atoms with Gasteiger partial charge >= 0.3 is 0 Å².